The van der Waals surface area contributed by atoms with Crippen molar-refractivity contribution in [2.45, 2.75) is 32.3 Å². The van der Waals surface area contributed by atoms with Crippen LogP contribution in [0.5, 0.6) is 0 Å². The summed E-state index contributed by atoms with van der Waals surface area (Å²) in [4.78, 5) is 13.9. The summed E-state index contributed by atoms with van der Waals surface area (Å²) in [6.07, 6.45) is 1.10. The molecule has 0 N–H and O–H groups in total. The van der Waals surface area contributed by atoms with Crippen molar-refractivity contribution < 1.29 is 22.4 Å². The molecule has 0 radical (unpaired) electrons. The number of carbonyl (C=O) groups excluding carboxylic acids is 1. The number of furan rings is 1. The molecule has 1 fully saturated rings. The van der Waals surface area contributed by atoms with Crippen molar-refractivity contribution in [1.82, 2.24) is 9.21 Å². The van der Waals surface area contributed by atoms with E-state index in [9.17, 15) is 13.2 Å². The fourth-order valence-corrected chi connectivity index (χ4v) is 3.87. The summed E-state index contributed by atoms with van der Waals surface area (Å²) in [5, 5.41) is -0.207. The lowest BCUT2D eigenvalue weighted by Gasteiger charge is -2.33. The predicted octanol–water partition coefficient (Wildman–Crippen LogP) is 1.81. The SMILES string of the molecule is CCOC(=O)c1ccc(S(=O)(=O)N2CCN(CCC(C)C)CC2)o1. The third-order valence-corrected chi connectivity index (χ3v) is 5.78. The molecular weight excluding hydrogens is 332 g/mol. The van der Waals surface area contributed by atoms with Crippen LogP contribution in [0.25, 0.3) is 0 Å². The molecule has 0 atom stereocenters. The molecule has 24 heavy (non-hydrogen) atoms. The van der Waals surface area contributed by atoms with Crippen LogP contribution in [0.1, 0.15) is 37.7 Å². The molecular formula is C16H26N2O5S. The Balaban J connectivity index is 1.98. The minimum atomic E-state index is -3.71. The zero-order chi connectivity index (χ0) is 17.7. The van der Waals surface area contributed by atoms with Gasteiger partial charge in [0.1, 0.15) is 0 Å². The van der Waals surface area contributed by atoms with E-state index in [1.54, 1.807) is 6.92 Å². The van der Waals surface area contributed by atoms with Crippen molar-refractivity contribution in [3.63, 3.8) is 0 Å². The fourth-order valence-electron chi connectivity index (χ4n) is 2.53. The Hall–Kier alpha value is -1.38. The number of rotatable bonds is 7. The number of hydrogen-bond donors (Lipinski definition) is 0. The van der Waals surface area contributed by atoms with Gasteiger partial charge in [-0.05, 0) is 37.9 Å². The van der Waals surface area contributed by atoms with Gasteiger partial charge >= 0.3 is 5.97 Å². The van der Waals surface area contributed by atoms with Crippen LogP contribution in [0, 0.1) is 5.92 Å². The van der Waals surface area contributed by atoms with Gasteiger partial charge in [0.2, 0.25) is 10.9 Å². The van der Waals surface area contributed by atoms with E-state index in [1.807, 2.05) is 0 Å². The Morgan fingerprint density at radius 1 is 1.25 bits per heavy atom. The highest BCUT2D eigenvalue weighted by molar-refractivity contribution is 7.89. The summed E-state index contributed by atoms with van der Waals surface area (Å²) in [5.41, 5.74) is 0. The summed E-state index contributed by atoms with van der Waals surface area (Å²) in [6.45, 7) is 9.49. The van der Waals surface area contributed by atoms with Gasteiger partial charge < -0.3 is 14.1 Å². The van der Waals surface area contributed by atoms with Gasteiger partial charge in [-0.3, -0.25) is 0 Å². The first kappa shape index (κ1) is 19.0. The first-order valence-corrected chi connectivity index (χ1v) is 9.78. The van der Waals surface area contributed by atoms with Gasteiger partial charge in [0.15, 0.2) is 0 Å². The first-order chi connectivity index (χ1) is 11.3. The summed E-state index contributed by atoms with van der Waals surface area (Å²) in [7, 11) is -3.71. The first-order valence-electron chi connectivity index (χ1n) is 8.34. The van der Waals surface area contributed by atoms with E-state index < -0.39 is 16.0 Å². The smallest absolute Gasteiger partial charge is 0.374 e. The third kappa shape index (κ3) is 4.58. The lowest BCUT2D eigenvalue weighted by atomic mass is 10.1. The van der Waals surface area contributed by atoms with Crippen LogP contribution in [0.15, 0.2) is 21.6 Å². The molecule has 0 saturated carbocycles. The maximum atomic E-state index is 12.6. The highest BCUT2D eigenvalue weighted by Crippen LogP contribution is 2.21. The van der Waals surface area contributed by atoms with E-state index >= 15 is 0 Å². The van der Waals surface area contributed by atoms with E-state index in [2.05, 4.69) is 18.7 Å². The topological polar surface area (TPSA) is 80.1 Å². The van der Waals surface area contributed by atoms with Gasteiger partial charge in [-0.1, -0.05) is 13.8 Å². The average Bonchev–Trinajstić information content (AvgIpc) is 3.04. The molecule has 0 amide bonds. The summed E-state index contributed by atoms with van der Waals surface area (Å²) in [5.74, 6) is -0.111. The molecule has 1 saturated heterocycles. The van der Waals surface area contributed by atoms with E-state index in [0.29, 0.717) is 32.1 Å². The Morgan fingerprint density at radius 2 is 1.92 bits per heavy atom. The predicted molar refractivity (Wildman–Crippen MR) is 89.3 cm³/mol. The Kier molecular flexibility index (Phi) is 6.42. The summed E-state index contributed by atoms with van der Waals surface area (Å²) < 4.78 is 36.7. The maximum Gasteiger partial charge on any atom is 0.374 e. The lowest BCUT2D eigenvalue weighted by Crippen LogP contribution is -2.48. The molecule has 0 aromatic carbocycles. The minimum absolute atomic E-state index is 0.0917. The summed E-state index contributed by atoms with van der Waals surface area (Å²) in [6, 6.07) is 2.65. The number of esters is 1. The molecule has 8 heteroatoms. The summed E-state index contributed by atoms with van der Waals surface area (Å²) >= 11 is 0. The number of sulfonamides is 1. The third-order valence-electron chi connectivity index (χ3n) is 4.01. The van der Waals surface area contributed by atoms with Crippen LogP contribution in [0.2, 0.25) is 0 Å². The minimum Gasteiger partial charge on any atom is -0.460 e. The van der Waals surface area contributed by atoms with Crippen LogP contribution < -0.4 is 0 Å². The zero-order valence-electron chi connectivity index (χ0n) is 14.5. The van der Waals surface area contributed by atoms with Gasteiger partial charge in [-0.25, -0.2) is 13.2 Å². The average molecular weight is 358 g/mol. The lowest BCUT2D eigenvalue weighted by molar-refractivity contribution is 0.0483. The zero-order valence-corrected chi connectivity index (χ0v) is 15.3. The molecule has 0 unspecified atom stereocenters. The Morgan fingerprint density at radius 3 is 2.50 bits per heavy atom. The number of nitrogens with zero attached hydrogens (tertiary/aromatic N) is 2. The van der Waals surface area contributed by atoms with Crippen molar-refractivity contribution >= 4 is 16.0 Å². The van der Waals surface area contributed by atoms with Crippen LogP contribution in [0.3, 0.4) is 0 Å². The second kappa shape index (κ2) is 8.13. The molecule has 1 aromatic heterocycles. The van der Waals surface area contributed by atoms with Gasteiger partial charge in [0.05, 0.1) is 6.61 Å². The van der Waals surface area contributed by atoms with Crippen molar-refractivity contribution in [3.05, 3.63) is 17.9 Å². The molecule has 2 rings (SSSR count). The van der Waals surface area contributed by atoms with E-state index in [0.717, 1.165) is 13.0 Å². The van der Waals surface area contributed by atoms with Gasteiger partial charge in [-0.15, -0.1) is 0 Å². The van der Waals surface area contributed by atoms with E-state index in [1.165, 1.54) is 16.4 Å². The molecule has 1 aliphatic rings. The second-order valence-corrected chi connectivity index (χ2v) is 8.14. The van der Waals surface area contributed by atoms with Crippen molar-refractivity contribution in [3.8, 4) is 0 Å². The number of piperazine rings is 1. The number of carbonyl (C=O) groups is 1. The quantitative estimate of drug-likeness (QED) is 0.692. The highest BCUT2D eigenvalue weighted by Gasteiger charge is 2.31. The van der Waals surface area contributed by atoms with Crippen molar-refractivity contribution in [1.29, 1.82) is 0 Å². The van der Waals surface area contributed by atoms with Crippen molar-refractivity contribution in [2.24, 2.45) is 5.92 Å². The molecule has 0 aliphatic carbocycles. The Labute approximate surface area is 143 Å². The standard InChI is InChI=1S/C16H26N2O5S/c1-4-22-16(19)14-5-6-15(23-14)24(20,21)18-11-9-17(10-12-18)8-7-13(2)3/h5-6,13H,4,7-12H2,1-3H3. The number of hydrogen-bond acceptors (Lipinski definition) is 6. The van der Waals surface area contributed by atoms with Gasteiger partial charge in [0, 0.05) is 26.2 Å². The van der Waals surface area contributed by atoms with Crippen molar-refractivity contribution in [2.75, 3.05) is 39.3 Å². The number of ether oxygens (including phenoxy) is 1. The normalized spacial score (nSPS) is 17.3. The molecule has 1 aromatic rings. The maximum absolute atomic E-state index is 12.6. The monoisotopic (exact) mass is 358 g/mol. The Bertz CT molecular complexity index is 645. The molecule has 7 nitrogen and oxygen atoms in total. The van der Waals surface area contributed by atoms with Gasteiger partial charge in [-0.2, -0.15) is 4.31 Å². The van der Waals surface area contributed by atoms with Crippen LogP contribution >= 0.6 is 0 Å². The second-order valence-electron chi connectivity index (χ2n) is 6.27. The van der Waals surface area contributed by atoms with Gasteiger partial charge in [0.25, 0.3) is 10.0 Å². The highest BCUT2D eigenvalue weighted by atomic mass is 32.2. The van der Waals surface area contributed by atoms with Crippen LogP contribution in [-0.4, -0.2) is 62.9 Å². The molecule has 136 valence electrons. The van der Waals surface area contributed by atoms with E-state index in [4.69, 9.17) is 9.15 Å². The van der Waals surface area contributed by atoms with Crippen LogP contribution in [0.4, 0.5) is 0 Å². The van der Waals surface area contributed by atoms with E-state index in [-0.39, 0.29) is 17.5 Å². The molecule has 0 spiro atoms. The largest absolute Gasteiger partial charge is 0.460 e. The molecule has 0 bridgehead atoms. The molecule has 1 aliphatic heterocycles. The van der Waals surface area contributed by atoms with Crippen LogP contribution in [-0.2, 0) is 14.8 Å². The fraction of sp³-hybridized carbons (Fsp3) is 0.688. The molecule has 2 heterocycles.